The number of carbonyl (C=O) groups is 2. The number of amides is 1. The number of benzene rings is 1. The Morgan fingerprint density at radius 1 is 1.29 bits per heavy atom. The van der Waals surface area contributed by atoms with E-state index in [1.54, 1.807) is 24.3 Å². The summed E-state index contributed by atoms with van der Waals surface area (Å²) in [6.45, 7) is 1.90. The van der Waals surface area contributed by atoms with Gasteiger partial charge in [-0.15, -0.1) is 0 Å². The van der Waals surface area contributed by atoms with Crippen LogP contribution in [0.15, 0.2) is 24.3 Å². The maximum absolute atomic E-state index is 11.6. The Labute approximate surface area is 99.6 Å². The Kier molecular flexibility index (Phi) is 3.13. The molecular formula is C13H15NO3. The van der Waals surface area contributed by atoms with E-state index in [0.717, 1.165) is 18.4 Å². The van der Waals surface area contributed by atoms with E-state index in [9.17, 15) is 9.59 Å². The van der Waals surface area contributed by atoms with Crippen LogP contribution in [-0.4, -0.2) is 17.0 Å². The molecule has 2 rings (SSSR count). The number of aromatic carboxylic acids is 1. The molecule has 1 aromatic carbocycles. The van der Waals surface area contributed by atoms with Crippen LogP contribution in [0.2, 0.25) is 0 Å². The van der Waals surface area contributed by atoms with Gasteiger partial charge in [0.15, 0.2) is 0 Å². The molecule has 0 radical (unpaired) electrons. The summed E-state index contributed by atoms with van der Waals surface area (Å²) >= 11 is 0. The van der Waals surface area contributed by atoms with Crippen LogP contribution in [-0.2, 0) is 4.79 Å². The van der Waals surface area contributed by atoms with E-state index < -0.39 is 5.97 Å². The second kappa shape index (κ2) is 4.57. The predicted octanol–water partition coefficient (Wildman–Crippen LogP) is 1.97. The lowest BCUT2D eigenvalue weighted by Crippen LogP contribution is -2.27. The van der Waals surface area contributed by atoms with Crippen molar-refractivity contribution in [2.24, 2.45) is 5.92 Å². The van der Waals surface area contributed by atoms with Crippen molar-refractivity contribution in [1.82, 2.24) is 5.32 Å². The summed E-state index contributed by atoms with van der Waals surface area (Å²) in [5, 5.41) is 11.7. The molecule has 90 valence electrons. The predicted molar refractivity (Wildman–Crippen MR) is 62.7 cm³/mol. The molecule has 4 heteroatoms. The second-order valence-corrected chi connectivity index (χ2v) is 4.43. The van der Waals surface area contributed by atoms with Gasteiger partial charge in [-0.25, -0.2) is 4.79 Å². The summed E-state index contributed by atoms with van der Waals surface area (Å²) in [7, 11) is 0. The normalized spacial score (nSPS) is 16.3. The van der Waals surface area contributed by atoms with Gasteiger partial charge < -0.3 is 10.4 Å². The Balaban J connectivity index is 2.00. The summed E-state index contributed by atoms with van der Waals surface area (Å²) in [5.41, 5.74) is 1.18. The molecule has 1 atom stereocenters. The Hall–Kier alpha value is -1.84. The van der Waals surface area contributed by atoms with E-state index in [1.807, 2.05) is 6.92 Å². The first-order valence-electron chi connectivity index (χ1n) is 5.71. The van der Waals surface area contributed by atoms with Gasteiger partial charge in [0.25, 0.3) is 0 Å². The molecule has 17 heavy (non-hydrogen) atoms. The maximum Gasteiger partial charge on any atom is 0.335 e. The number of carboxylic acids is 1. The number of rotatable bonds is 4. The van der Waals surface area contributed by atoms with E-state index >= 15 is 0 Å². The number of hydrogen-bond acceptors (Lipinski definition) is 2. The van der Waals surface area contributed by atoms with Crippen molar-refractivity contribution < 1.29 is 14.7 Å². The minimum Gasteiger partial charge on any atom is -0.478 e. The molecule has 0 heterocycles. The van der Waals surface area contributed by atoms with Gasteiger partial charge in [-0.3, -0.25) is 4.79 Å². The molecule has 2 N–H and O–H groups in total. The first-order chi connectivity index (χ1) is 8.08. The summed E-state index contributed by atoms with van der Waals surface area (Å²) in [6.07, 6.45) is 1.97. The highest BCUT2D eigenvalue weighted by molar-refractivity contribution is 5.87. The second-order valence-electron chi connectivity index (χ2n) is 4.43. The zero-order valence-corrected chi connectivity index (χ0v) is 9.64. The minimum absolute atomic E-state index is 0.0778. The zero-order chi connectivity index (χ0) is 12.4. The van der Waals surface area contributed by atoms with Gasteiger partial charge in [0.05, 0.1) is 11.6 Å². The molecular weight excluding hydrogens is 218 g/mol. The topological polar surface area (TPSA) is 66.4 Å². The summed E-state index contributed by atoms with van der Waals surface area (Å²) < 4.78 is 0. The highest BCUT2D eigenvalue weighted by atomic mass is 16.4. The van der Waals surface area contributed by atoms with Gasteiger partial charge in [-0.05, 0) is 37.5 Å². The number of carbonyl (C=O) groups excluding carboxylic acids is 1. The third kappa shape index (κ3) is 2.84. The zero-order valence-electron chi connectivity index (χ0n) is 9.64. The van der Waals surface area contributed by atoms with E-state index in [-0.39, 0.29) is 23.4 Å². The van der Waals surface area contributed by atoms with Crippen molar-refractivity contribution in [3.8, 4) is 0 Å². The standard InChI is InChI=1S/C13H15NO3/c1-8(14-12(15)10-4-5-10)9-2-6-11(7-3-9)13(16)17/h2-3,6-8,10H,4-5H2,1H3,(H,14,15)(H,16,17)/t8-/m0/s1. The molecule has 0 unspecified atom stereocenters. The van der Waals surface area contributed by atoms with Gasteiger partial charge in [0.2, 0.25) is 5.91 Å². The third-order valence-electron chi connectivity index (χ3n) is 2.96. The molecule has 0 aromatic heterocycles. The van der Waals surface area contributed by atoms with E-state index in [2.05, 4.69) is 5.32 Å². The molecule has 0 bridgehead atoms. The third-order valence-corrected chi connectivity index (χ3v) is 2.96. The number of hydrogen-bond donors (Lipinski definition) is 2. The van der Waals surface area contributed by atoms with Crippen LogP contribution in [0.5, 0.6) is 0 Å². The molecule has 1 fully saturated rings. The van der Waals surface area contributed by atoms with Crippen molar-refractivity contribution in [3.63, 3.8) is 0 Å². The molecule has 1 aliphatic rings. The molecule has 4 nitrogen and oxygen atoms in total. The van der Waals surface area contributed by atoms with Gasteiger partial charge in [-0.2, -0.15) is 0 Å². The smallest absolute Gasteiger partial charge is 0.335 e. The van der Waals surface area contributed by atoms with Crippen LogP contribution in [0.25, 0.3) is 0 Å². The van der Waals surface area contributed by atoms with Crippen molar-refractivity contribution in [1.29, 1.82) is 0 Å². The van der Waals surface area contributed by atoms with Gasteiger partial charge in [0, 0.05) is 5.92 Å². The molecule has 1 aliphatic carbocycles. The van der Waals surface area contributed by atoms with Gasteiger partial charge in [0.1, 0.15) is 0 Å². The van der Waals surface area contributed by atoms with Crippen LogP contribution in [0, 0.1) is 5.92 Å². The minimum atomic E-state index is -0.939. The largest absolute Gasteiger partial charge is 0.478 e. The highest BCUT2D eigenvalue weighted by Crippen LogP contribution is 2.29. The van der Waals surface area contributed by atoms with Crippen molar-refractivity contribution >= 4 is 11.9 Å². The molecule has 1 aromatic rings. The highest BCUT2D eigenvalue weighted by Gasteiger charge is 2.30. The van der Waals surface area contributed by atoms with Crippen LogP contribution in [0.3, 0.4) is 0 Å². The molecule has 0 saturated heterocycles. The Morgan fingerprint density at radius 3 is 2.35 bits per heavy atom. The van der Waals surface area contributed by atoms with Crippen LogP contribution in [0.1, 0.15) is 41.7 Å². The SMILES string of the molecule is C[C@H](NC(=O)C1CC1)c1ccc(C(=O)O)cc1. The first kappa shape index (κ1) is 11.6. The van der Waals surface area contributed by atoms with E-state index in [0.29, 0.717) is 0 Å². The summed E-state index contributed by atoms with van der Waals surface area (Å²) in [4.78, 5) is 22.2. The molecule has 1 amide bonds. The fourth-order valence-electron chi connectivity index (χ4n) is 1.67. The number of carboxylic acid groups (broad SMARTS) is 1. The summed E-state index contributed by atoms with van der Waals surface area (Å²) in [6, 6.07) is 6.50. The van der Waals surface area contributed by atoms with Crippen molar-refractivity contribution in [2.75, 3.05) is 0 Å². The van der Waals surface area contributed by atoms with Crippen LogP contribution in [0.4, 0.5) is 0 Å². The van der Waals surface area contributed by atoms with E-state index in [4.69, 9.17) is 5.11 Å². The van der Waals surface area contributed by atoms with Crippen molar-refractivity contribution in [2.45, 2.75) is 25.8 Å². The average molecular weight is 233 g/mol. The lowest BCUT2D eigenvalue weighted by Gasteiger charge is -2.14. The Morgan fingerprint density at radius 2 is 1.88 bits per heavy atom. The quantitative estimate of drug-likeness (QED) is 0.835. The molecule has 1 saturated carbocycles. The lowest BCUT2D eigenvalue weighted by atomic mass is 10.1. The van der Waals surface area contributed by atoms with E-state index in [1.165, 1.54) is 0 Å². The summed E-state index contributed by atoms with van der Waals surface area (Å²) in [5.74, 6) is -0.651. The average Bonchev–Trinajstić information content (AvgIpc) is 3.12. The van der Waals surface area contributed by atoms with Crippen LogP contribution < -0.4 is 5.32 Å². The molecule has 0 aliphatic heterocycles. The monoisotopic (exact) mass is 233 g/mol. The fraction of sp³-hybridized carbons (Fsp3) is 0.385. The van der Waals surface area contributed by atoms with Crippen molar-refractivity contribution in [3.05, 3.63) is 35.4 Å². The maximum atomic E-state index is 11.6. The van der Waals surface area contributed by atoms with Gasteiger partial charge in [-0.1, -0.05) is 12.1 Å². The fourth-order valence-corrected chi connectivity index (χ4v) is 1.67. The number of nitrogens with one attached hydrogen (secondary N) is 1. The lowest BCUT2D eigenvalue weighted by molar-refractivity contribution is -0.122. The van der Waals surface area contributed by atoms with Gasteiger partial charge >= 0.3 is 5.97 Å². The molecule has 0 spiro atoms. The van der Waals surface area contributed by atoms with Crippen LogP contribution >= 0.6 is 0 Å². The first-order valence-corrected chi connectivity index (χ1v) is 5.71. The Bertz CT molecular complexity index is 434.